The molecule has 0 saturated carbocycles. The number of rotatable bonds is 2. The molecule has 3 heteroatoms. The summed E-state index contributed by atoms with van der Waals surface area (Å²) < 4.78 is 0. The summed E-state index contributed by atoms with van der Waals surface area (Å²) in [5.41, 5.74) is 6.19. The van der Waals surface area contributed by atoms with Gasteiger partial charge < -0.3 is 11.1 Å². The standard InChI is InChI=1S/C5H10N2S/c1-2-4(6)5(7)3-8/h3,6,8H,2,7H2,1H3/b5-3-,6-4?. The van der Waals surface area contributed by atoms with Crippen LogP contribution in [0.2, 0.25) is 0 Å². The fourth-order valence-corrected chi connectivity index (χ4v) is 0.438. The Hall–Kier alpha value is -0.440. The second kappa shape index (κ2) is 3.55. The van der Waals surface area contributed by atoms with Crippen molar-refractivity contribution < 1.29 is 0 Å². The molecule has 0 aliphatic carbocycles. The van der Waals surface area contributed by atoms with Crippen LogP contribution in [-0.4, -0.2) is 5.71 Å². The Morgan fingerprint density at radius 2 is 2.38 bits per heavy atom. The van der Waals surface area contributed by atoms with Crippen LogP contribution >= 0.6 is 12.6 Å². The number of allylic oxidation sites excluding steroid dienone is 1. The van der Waals surface area contributed by atoms with E-state index in [2.05, 4.69) is 12.6 Å². The molecule has 0 aliphatic rings. The lowest BCUT2D eigenvalue weighted by Gasteiger charge is -1.95. The van der Waals surface area contributed by atoms with Gasteiger partial charge in [-0.3, -0.25) is 0 Å². The van der Waals surface area contributed by atoms with Crippen molar-refractivity contribution in [1.29, 1.82) is 5.41 Å². The molecule has 8 heavy (non-hydrogen) atoms. The van der Waals surface area contributed by atoms with Crippen molar-refractivity contribution in [1.82, 2.24) is 0 Å². The van der Waals surface area contributed by atoms with Gasteiger partial charge in [0.1, 0.15) is 0 Å². The van der Waals surface area contributed by atoms with Crippen molar-refractivity contribution in [2.75, 3.05) is 0 Å². The summed E-state index contributed by atoms with van der Waals surface area (Å²) in [5, 5.41) is 8.54. The number of hydrogen-bond donors (Lipinski definition) is 3. The molecule has 0 spiro atoms. The molecule has 0 aromatic heterocycles. The van der Waals surface area contributed by atoms with E-state index in [-0.39, 0.29) is 0 Å². The maximum absolute atomic E-state index is 7.10. The highest BCUT2D eigenvalue weighted by atomic mass is 32.1. The molecule has 0 amide bonds. The third kappa shape index (κ3) is 2.02. The molecule has 0 radical (unpaired) electrons. The number of nitrogens with one attached hydrogen (secondary N) is 1. The molecular weight excluding hydrogens is 120 g/mol. The summed E-state index contributed by atoms with van der Waals surface area (Å²) >= 11 is 3.78. The minimum Gasteiger partial charge on any atom is -0.397 e. The lowest BCUT2D eigenvalue weighted by atomic mass is 10.2. The third-order valence-electron chi connectivity index (χ3n) is 0.841. The van der Waals surface area contributed by atoms with Crippen molar-refractivity contribution in [2.45, 2.75) is 13.3 Å². The quantitative estimate of drug-likeness (QED) is 0.381. The molecule has 0 aliphatic heterocycles. The molecule has 0 bridgehead atoms. The fourth-order valence-electron chi connectivity index (χ4n) is 0.282. The van der Waals surface area contributed by atoms with Crippen LogP contribution in [0.25, 0.3) is 0 Å². The number of thiol groups is 1. The second-order valence-electron chi connectivity index (χ2n) is 1.42. The van der Waals surface area contributed by atoms with E-state index in [9.17, 15) is 0 Å². The SMILES string of the molecule is CCC(=N)/C(N)=C/S. The van der Waals surface area contributed by atoms with Crippen LogP contribution in [0.4, 0.5) is 0 Å². The van der Waals surface area contributed by atoms with E-state index in [4.69, 9.17) is 11.1 Å². The van der Waals surface area contributed by atoms with Gasteiger partial charge in [-0.15, -0.1) is 12.6 Å². The Bertz CT molecular complexity index is 118. The molecule has 0 atom stereocenters. The largest absolute Gasteiger partial charge is 0.397 e. The predicted molar refractivity (Wildman–Crippen MR) is 39.3 cm³/mol. The molecule has 0 heterocycles. The average Bonchev–Trinajstić information content (AvgIpc) is 1.84. The van der Waals surface area contributed by atoms with Gasteiger partial charge in [-0.1, -0.05) is 6.92 Å². The Labute approximate surface area is 54.7 Å². The smallest absolute Gasteiger partial charge is 0.0586 e. The van der Waals surface area contributed by atoms with E-state index in [1.54, 1.807) is 0 Å². The van der Waals surface area contributed by atoms with E-state index in [1.165, 1.54) is 5.41 Å². The predicted octanol–water partition coefficient (Wildman–Crippen LogP) is 1.15. The Kier molecular flexibility index (Phi) is 3.35. The van der Waals surface area contributed by atoms with Crippen LogP contribution < -0.4 is 5.73 Å². The molecule has 0 aromatic carbocycles. The summed E-state index contributed by atoms with van der Waals surface area (Å²) in [4.78, 5) is 0. The maximum atomic E-state index is 7.10. The Morgan fingerprint density at radius 1 is 1.88 bits per heavy atom. The first-order valence-electron chi connectivity index (χ1n) is 2.40. The maximum Gasteiger partial charge on any atom is 0.0586 e. The summed E-state index contributed by atoms with van der Waals surface area (Å²) in [6, 6.07) is 0. The van der Waals surface area contributed by atoms with Gasteiger partial charge in [0.2, 0.25) is 0 Å². The third-order valence-corrected chi connectivity index (χ3v) is 1.12. The molecule has 0 saturated heterocycles. The minimum atomic E-state index is 0.444. The lowest BCUT2D eigenvalue weighted by molar-refractivity contribution is 1.22. The molecule has 3 N–H and O–H groups in total. The van der Waals surface area contributed by atoms with Gasteiger partial charge in [0.25, 0.3) is 0 Å². The summed E-state index contributed by atoms with van der Waals surface area (Å²) in [6.45, 7) is 1.88. The van der Waals surface area contributed by atoms with E-state index >= 15 is 0 Å². The minimum absolute atomic E-state index is 0.444. The molecule has 0 fully saturated rings. The summed E-state index contributed by atoms with van der Waals surface area (Å²) in [6.07, 6.45) is 0.670. The van der Waals surface area contributed by atoms with Gasteiger partial charge in [0.15, 0.2) is 0 Å². The second-order valence-corrected chi connectivity index (χ2v) is 1.67. The van der Waals surface area contributed by atoms with E-state index in [1.807, 2.05) is 6.92 Å². The van der Waals surface area contributed by atoms with Gasteiger partial charge >= 0.3 is 0 Å². The van der Waals surface area contributed by atoms with Gasteiger partial charge in [0.05, 0.1) is 11.4 Å². The van der Waals surface area contributed by atoms with Gasteiger partial charge in [-0.25, -0.2) is 0 Å². The van der Waals surface area contributed by atoms with E-state index in [0.29, 0.717) is 17.8 Å². The highest BCUT2D eigenvalue weighted by Gasteiger charge is 1.92. The average molecular weight is 130 g/mol. The van der Waals surface area contributed by atoms with Gasteiger partial charge in [-0.05, 0) is 11.8 Å². The molecule has 46 valence electrons. The normalized spacial score (nSPS) is 11.5. The highest BCUT2D eigenvalue weighted by molar-refractivity contribution is 7.83. The molecule has 0 rings (SSSR count). The lowest BCUT2D eigenvalue weighted by Crippen LogP contribution is -2.07. The first-order chi connectivity index (χ1) is 3.72. The van der Waals surface area contributed by atoms with Crippen molar-refractivity contribution in [3.63, 3.8) is 0 Å². The van der Waals surface area contributed by atoms with Crippen LogP contribution in [-0.2, 0) is 0 Å². The molecule has 0 unspecified atom stereocenters. The zero-order chi connectivity index (χ0) is 6.57. The van der Waals surface area contributed by atoms with E-state index in [0.717, 1.165) is 0 Å². The van der Waals surface area contributed by atoms with Gasteiger partial charge in [-0.2, -0.15) is 0 Å². The van der Waals surface area contributed by atoms with Crippen LogP contribution in [0.15, 0.2) is 11.1 Å². The summed E-state index contributed by atoms with van der Waals surface area (Å²) in [7, 11) is 0. The van der Waals surface area contributed by atoms with Crippen molar-refractivity contribution >= 4 is 18.3 Å². The molecular formula is C5H10N2S. The highest BCUT2D eigenvalue weighted by Crippen LogP contribution is 1.92. The van der Waals surface area contributed by atoms with Crippen molar-refractivity contribution in [3.8, 4) is 0 Å². The van der Waals surface area contributed by atoms with Crippen LogP contribution in [0.3, 0.4) is 0 Å². The first kappa shape index (κ1) is 7.56. The monoisotopic (exact) mass is 130 g/mol. The van der Waals surface area contributed by atoms with Crippen molar-refractivity contribution in [3.05, 3.63) is 11.1 Å². The number of hydrogen-bond acceptors (Lipinski definition) is 3. The van der Waals surface area contributed by atoms with Crippen molar-refractivity contribution in [2.24, 2.45) is 5.73 Å². The number of nitrogens with two attached hydrogens (primary N) is 1. The summed E-state index contributed by atoms with van der Waals surface area (Å²) in [5.74, 6) is 0. The van der Waals surface area contributed by atoms with Gasteiger partial charge in [0, 0.05) is 0 Å². The first-order valence-corrected chi connectivity index (χ1v) is 2.91. The van der Waals surface area contributed by atoms with E-state index < -0.39 is 0 Å². The van der Waals surface area contributed by atoms with Crippen LogP contribution in [0, 0.1) is 5.41 Å². The Balaban J connectivity index is 3.83. The zero-order valence-electron chi connectivity index (χ0n) is 4.81. The Morgan fingerprint density at radius 3 is 2.50 bits per heavy atom. The van der Waals surface area contributed by atoms with Crippen LogP contribution in [0.5, 0.6) is 0 Å². The van der Waals surface area contributed by atoms with Crippen LogP contribution in [0.1, 0.15) is 13.3 Å². The fraction of sp³-hybridized carbons (Fsp3) is 0.400. The molecule has 2 nitrogen and oxygen atoms in total. The topological polar surface area (TPSA) is 49.9 Å². The zero-order valence-corrected chi connectivity index (χ0v) is 5.70. The molecule has 0 aromatic rings.